The van der Waals surface area contributed by atoms with Gasteiger partial charge in [0, 0.05) is 24.5 Å². The van der Waals surface area contributed by atoms with Crippen LogP contribution in [0.1, 0.15) is 64.2 Å². The van der Waals surface area contributed by atoms with Gasteiger partial charge in [-0.25, -0.2) is 0 Å². The van der Waals surface area contributed by atoms with Gasteiger partial charge in [0.1, 0.15) is 0 Å². The molecule has 0 aromatic rings. The van der Waals surface area contributed by atoms with Crippen molar-refractivity contribution in [2.24, 2.45) is 0 Å². The molecule has 2 aliphatic carbocycles. The van der Waals surface area contributed by atoms with Gasteiger partial charge >= 0.3 is 0 Å². The minimum absolute atomic E-state index is 0.734. The van der Waals surface area contributed by atoms with Crippen LogP contribution in [-0.4, -0.2) is 12.1 Å². The predicted molar refractivity (Wildman–Crippen MR) is 69.2 cm³/mol. The van der Waals surface area contributed by atoms with Crippen molar-refractivity contribution in [1.29, 1.82) is 0 Å². The second kappa shape index (κ2) is 6.82. The summed E-state index contributed by atoms with van der Waals surface area (Å²) in [4.78, 5) is 0. The lowest BCUT2D eigenvalue weighted by molar-refractivity contribution is 0.395. The van der Waals surface area contributed by atoms with Gasteiger partial charge in [-0.2, -0.15) is 0 Å². The van der Waals surface area contributed by atoms with Crippen molar-refractivity contribution < 1.29 is 0 Å². The molecule has 2 saturated carbocycles. The first kappa shape index (κ1) is 11.8. The van der Waals surface area contributed by atoms with Crippen LogP contribution in [0.4, 0.5) is 0 Å². The van der Waals surface area contributed by atoms with Crippen molar-refractivity contribution in [3.05, 3.63) is 12.4 Å². The first-order valence-corrected chi connectivity index (χ1v) is 7.12. The topological polar surface area (TPSA) is 24.1 Å². The zero-order valence-electron chi connectivity index (χ0n) is 10.4. The van der Waals surface area contributed by atoms with Gasteiger partial charge in [-0.1, -0.05) is 38.5 Å². The average molecular weight is 222 g/mol. The van der Waals surface area contributed by atoms with Gasteiger partial charge in [0.25, 0.3) is 0 Å². The summed E-state index contributed by atoms with van der Waals surface area (Å²) in [5.41, 5.74) is 0. The molecule has 0 atom stereocenters. The maximum absolute atomic E-state index is 3.52. The Balaban J connectivity index is 1.57. The fraction of sp³-hybridized carbons (Fsp3) is 0.857. The molecular formula is C14H26N2. The SMILES string of the molecule is C(=C/NC1CCCCC1)/NC1CCCCC1. The van der Waals surface area contributed by atoms with Gasteiger partial charge in [0.15, 0.2) is 0 Å². The second-order valence-electron chi connectivity index (χ2n) is 5.34. The second-order valence-corrected chi connectivity index (χ2v) is 5.34. The van der Waals surface area contributed by atoms with Crippen LogP contribution in [0, 0.1) is 0 Å². The highest BCUT2D eigenvalue weighted by Gasteiger charge is 2.12. The molecule has 2 aliphatic rings. The molecule has 0 amide bonds. The van der Waals surface area contributed by atoms with E-state index < -0.39 is 0 Å². The third kappa shape index (κ3) is 4.07. The molecule has 0 unspecified atom stereocenters. The van der Waals surface area contributed by atoms with E-state index in [1.54, 1.807) is 0 Å². The van der Waals surface area contributed by atoms with Gasteiger partial charge in [0.2, 0.25) is 0 Å². The molecule has 2 nitrogen and oxygen atoms in total. The Morgan fingerprint density at radius 1 is 0.562 bits per heavy atom. The molecule has 2 heteroatoms. The number of hydrogen-bond donors (Lipinski definition) is 2. The van der Waals surface area contributed by atoms with E-state index in [9.17, 15) is 0 Å². The molecule has 0 aromatic heterocycles. The molecule has 0 radical (unpaired) electrons. The van der Waals surface area contributed by atoms with Gasteiger partial charge in [-0.3, -0.25) is 0 Å². The molecule has 2 rings (SSSR count). The lowest BCUT2D eigenvalue weighted by Gasteiger charge is -2.23. The van der Waals surface area contributed by atoms with Gasteiger partial charge in [-0.15, -0.1) is 0 Å². The van der Waals surface area contributed by atoms with E-state index in [4.69, 9.17) is 0 Å². The smallest absolute Gasteiger partial charge is 0.0256 e. The van der Waals surface area contributed by atoms with Crippen LogP contribution in [0.3, 0.4) is 0 Å². The Morgan fingerprint density at radius 2 is 0.938 bits per heavy atom. The molecule has 0 bridgehead atoms. The minimum atomic E-state index is 0.734. The number of hydrogen-bond acceptors (Lipinski definition) is 2. The van der Waals surface area contributed by atoms with Crippen molar-refractivity contribution in [3.8, 4) is 0 Å². The van der Waals surface area contributed by atoms with Crippen LogP contribution in [0.15, 0.2) is 12.4 Å². The van der Waals surface area contributed by atoms with Crippen molar-refractivity contribution in [3.63, 3.8) is 0 Å². The molecule has 2 fully saturated rings. The molecule has 0 spiro atoms. The van der Waals surface area contributed by atoms with Crippen molar-refractivity contribution >= 4 is 0 Å². The quantitative estimate of drug-likeness (QED) is 0.762. The zero-order chi connectivity index (χ0) is 11.1. The monoisotopic (exact) mass is 222 g/mol. The van der Waals surface area contributed by atoms with Crippen LogP contribution in [-0.2, 0) is 0 Å². The zero-order valence-corrected chi connectivity index (χ0v) is 10.4. The van der Waals surface area contributed by atoms with Crippen molar-refractivity contribution in [2.75, 3.05) is 0 Å². The van der Waals surface area contributed by atoms with Crippen LogP contribution in [0.5, 0.6) is 0 Å². The van der Waals surface area contributed by atoms with Crippen molar-refractivity contribution in [2.45, 2.75) is 76.3 Å². The summed E-state index contributed by atoms with van der Waals surface area (Å²) in [5.74, 6) is 0. The first-order valence-electron chi connectivity index (χ1n) is 7.12. The Hall–Kier alpha value is -0.660. The highest BCUT2D eigenvalue weighted by molar-refractivity contribution is 4.86. The maximum Gasteiger partial charge on any atom is 0.0256 e. The Morgan fingerprint density at radius 3 is 1.31 bits per heavy atom. The highest BCUT2D eigenvalue weighted by atomic mass is 14.9. The molecule has 0 aliphatic heterocycles. The molecule has 0 saturated heterocycles. The third-order valence-electron chi connectivity index (χ3n) is 3.96. The van der Waals surface area contributed by atoms with E-state index in [1.807, 2.05) is 0 Å². The highest BCUT2D eigenvalue weighted by Crippen LogP contribution is 2.18. The summed E-state index contributed by atoms with van der Waals surface area (Å²) < 4.78 is 0. The summed E-state index contributed by atoms with van der Waals surface area (Å²) in [6.07, 6.45) is 18.2. The van der Waals surface area contributed by atoms with Crippen LogP contribution in [0.25, 0.3) is 0 Å². The fourth-order valence-corrected chi connectivity index (χ4v) is 2.91. The summed E-state index contributed by atoms with van der Waals surface area (Å²) >= 11 is 0. The number of rotatable bonds is 4. The molecule has 0 heterocycles. The Bertz CT molecular complexity index is 179. The normalized spacial score (nSPS) is 24.8. The standard InChI is InChI=1S/C14H26N2/c1-3-7-13(8-4-1)15-11-12-16-14-9-5-2-6-10-14/h11-16H,1-10H2/b12-11-. The minimum Gasteiger partial charge on any atom is -0.387 e. The maximum atomic E-state index is 3.52. The van der Waals surface area contributed by atoms with Crippen LogP contribution in [0.2, 0.25) is 0 Å². The summed E-state index contributed by atoms with van der Waals surface area (Å²) in [7, 11) is 0. The van der Waals surface area contributed by atoms with E-state index in [0.717, 1.165) is 12.1 Å². The van der Waals surface area contributed by atoms with Crippen LogP contribution < -0.4 is 10.6 Å². The summed E-state index contributed by atoms with van der Waals surface area (Å²) in [5, 5.41) is 7.04. The summed E-state index contributed by atoms with van der Waals surface area (Å²) in [6.45, 7) is 0. The summed E-state index contributed by atoms with van der Waals surface area (Å²) in [6, 6.07) is 1.47. The fourth-order valence-electron chi connectivity index (χ4n) is 2.91. The largest absolute Gasteiger partial charge is 0.387 e. The predicted octanol–water partition coefficient (Wildman–Crippen LogP) is 3.30. The van der Waals surface area contributed by atoms with E-state index in [2.05, 4.69) is 23.0 Å². The van der Waals surface area contributed by atoms with E-state index >= 15 is 0 Å². The molecule has 16 heavy (non-hydrogen) atoms. The Labute approximate surface area is 99.9 Å². The molecule has 2 N–H and O–H groups in total. The van der Waals surface area contributed by atoms with E-state index in [0.29, 0.717) is 0 Å². The van der Waals surface area contributed by atoms with Gasteiger partial charge in [0.05, 0.1) is 0 Å². The average Bonchev–Trinajstić information content (AvgIpc) is 2.37. The molecule has 0 aromatic carbocycles. The van der Waals surface area contributed by atoms with Gasteiger partial charge in [-0.05, 0) is 25.7 Å². The lowest BCUT2D eigenvalue weighted by Crippen LogP contribution is -2.29. The van der Waals surface area contributed by atoms with E-state index in [1.165, 1.54) is 64.2 Å². The van der Waals surface area contributed by atoms with Gasteiger partial charge < -0.3 is 10.6 Å². The molecular weight excluding hydrogens is 196 g/mol. The number of nitrogens with one attached hydrogen (secondary N) is 2. The van der Waals surface area contributed by atoms with E-state index in [-0.39, 0.29) is 0 Å². The Kier molecular flexibility index (Phi) is 5.04. The first-order chi connectivity index (χ1) is 7.95. The third-order valence-corrected chi connectivity index (χ3v) is 3.96. The lowest BCUT2D eigenvalue weighted by atomic mass is 9.95. The van der Waals surface area contributed by atoms with Crippen LogP contribution >= 0.6 is 0 Å². The molecule has 92 valence electrons. The van der Waals surface area contributed by atoms with Crippen molar-refractivity contribution in [1.82, 2.24) is 10.6 Å².